The second-order valence-corrected chi connectivity index (χ2v) is 2.65. The normalized spacial score (nSPS) is 23.4. The van der Waals surface area contributed by atoms with E-state index in [0.717, 1.165) is 5.71 Å². The molecule has 0 fully saturated rings. The van der Waals surface area contributed by atoms with Gasteiger partial charge in [0.1, 0.15) is 6.04 Å². The largest absolute Gasteiger partial charge is 0.467 e. The Morgan fingerprint density at radius 1 is 1.82 bits per heavy atom. The van der Waals surface area contributed by atoms with E-state index in [1.807, 2.05) is 6.92 Å². The van der Waals surface area contributed by atoms with E-state index in [4.69, 9.17) is 0 Å². The summed E-state index contributed by atoms with van der Waals surface area (Å²) in [6.07, 6.45) is 0.684. The fraction of sp³-hybridized carbons (Fsp3) is 0.714. The van der Waals surface area contributed by atoms with Gasteiger partial charge in [-0.25, -0.2) is 4.79 Å². The third kappa shape index (κ3) is 1.50. The molecule has 0 aromatic rings. The Hall–Kier alpha value is -1.06. The minimum atomic E-state index is -0.215. The van der Waals surface area contributed by atoms with Crippen LogP contribution in [0.25, 0.3) is 0 Å². The third-order valence-electron chi connectivity index (χ3n) is 1.74. The molecule has 0 saturated carbocycles. The molecule has 0 saturated heterocycles. The van der Waals surface area contributed by atoms with Crippen LogP contribution in [-0.2, 0) is 9.53 Å². The Balaban J connectivity index is 2.59. The lowest BCUT2D eigenvalue weighted by Crippen LogP contribution is -2.32. The van der Waals surface area contributed by atoms with Gasteiger partial charge in [-0.15, -0.1) is 0 Å². The lowest BCUT2D eigenvalue weighted by molar-refractivity contribution is -0.145. The van der Waals surface area contributed by atoms with Gasteiger partial charge in [-0.3, -0.25) is 5.01 Å². The monoisotopic (exact) mass is 156 g/mol. The summed E-state index contributed by atoms with van der Waals surface area (Å²) in [7, 11) is 3.17. The lowest BCUT2D eigenvalue weighted by atomic mass is 10.2. The molecule has 1 aliphatic heterocycles. The molecule has 11 heavy (non-hydrogen) atoms. The number of hydrogen-bond donors (Lipinski definition) is 0. The highest BCUT2D eigenvalue weighted by molar-refractivity contribution is 5.90. The van der Waals surface area contributed by atoms with Crippen LogP contribution in [0.5, 0.6) is 0 Å². The molecule has 0 bridgehead atoms. The highest BCUT2D eigenvalue weighted by Crippen LogP contribution is 2.13. The highest BCUT2D eigenvalue weighted by atomic mass is 16.5. The van der Waals surface area contributed by atoms with E-state index >= 15 is 0 Å². The SMILES string of the molecule is COC(=O)C1CC(C)=NN1C. The van der Waals surface area contributed by atoms with E-state index in [9.17, 15) is 4.79 Å². The fourth-order valence-corrected chi connectivity index (χ4v) is 1.16. The average molecular weight is 156 g/mol. The number of carbonyl (C=O) groups excluding carboxylic acids is 1. The zero-order valence-corrected chi connectivity index (χ0v) is 7.00. The molecule has 0 aliphatic carbocycles. The fourth-order valence-electron chi connectivity index (χ4n) is 1.16. The molecule has 1 heterocycles. The first-order valence-corrected chi connectivity index (χ1v) is 3.50. The number of nitrogens with zero attached hydrogens (tertiary/aromatic N) is 2. The summed E-state index contributed by atoms with van der Waals surface area (Å²) in [6.45, 7) is 1.90. The van der Waals surface area contributed by atoms with Crippen molar-refractivity contribution in [1.82, 2.24) is 5.01 Å². The Labute approximate surface area is 65.8 Å². The number of hydrogen-bond acceptors (Lipinski definition) is 4. The minimum absolute atomic E-state index is 0.208. The molecule has 0 N–H and O–H groups in total. The minimum Gasteiger partial charge on any atom is -0.467 e. The summed E-state index contributed by atoms with van der Waals surface area (Å²) in [4.78, 5) is 11.0. The van der Waals surface area contributed by atoms with Gasteiger partial charge in [-0.1, -0.05) is 0 Å². The van der Waals surface area contributed by atoms with Gasteiger partial charge in [0.25, 0.3) is 0 Å². The van der Waals surface area contributed by atoms with Crippen molar-refractivity contribution in [1.29, 1.82) is 0 Å². The molecule has 62 valence electrons. The number of hydrazone groups is 1. The van der Waals surface area contributed by atoms with Gasteiger partial charge >= 0.3 is 5.97 Å². The molecule has 1 rings (SSSR count). The molecule has 1 aliphatic rings. The second kappa shape index (κ2) is 2.90. The third-order valence-corrected chi connectivity index (χ3v) is 1.74. The van der Waals surface area contributed by atoms with Crippen molar-refractivity contribution in [2.24, 2.45) is 5.10 Å². The number of rotatable bonds is 1. The molecule has 0 spiro atoms. The summed E-state index contributed by atoms with van der Waals surface area (Å²) < 4.78 is 4.60. The van der Waals surface area contributed by atoms with Crippen LogP contribution in [-0.4, -0.2) is 36.9 Å². The Bertz CT molecular complexity index is 201. The van der Waals surface area contributed by atoms with Crippen molar-refractivity contribution in [3.63, 3.8) is 0 Å². The zero-order chi connectivity index (χ0) is 8.43. The first-order chi connectivity index (χ1) is 5.15. The van der Waals surface area contributed by atoms with Gasteiger partial charge in [-0.2, -0.15) is 5.10 Å². The zero-order valence-electron chi connectivity index (χ0n) is 7.00. The maximum absolute atomic E-state index is 11.0. The molecule has 4 heteroatoms. The van der Waals surface area contributed by atoms with E-state index in [1.165, 1.54) is 7.11 Å². The van der Waals surface area contributed by atoms with Gasteiger partial charge in [0, 0.05) is 19.2 Å². The summed E-state index contributed by atoms with van der Waals surface area (Å²) in [5.74, 6) is -0.215. The van der Waals surface area contributed by atoms with E-state index in [1.54, 1.807) is 12.1 Å². The molecule has 0 aromatic carbocycles. The van der Waals surface area contributed by atoms with Crippen LogP contribution >= 0.6 is 0 Å². The van der Waals surface area contributed by atoms with Crippen molar-refractivity contribution in [3.05, 3.63) is 0 Å². The smallest absolute Gasteiger partial charge is 0.330 e. The summed E-state index contributed by atoms with van der Waals surface area (Å²) in [5.41, 5.74) is 0.975. The van der Waals surface area contributed by atoms with Crippen LogP contribution in [0.1, 0.15) is 13.3 Å². The maximum atomic E-state index is 11.0. The predicted octanol–water partition coefficient (Wildman–Crippen LogP) is 0.239. The van der Waals surface area contributed by atoms with Crippen molar-refractivity contribution in [2.75, 3.05) is 14.2 Å². The van der Waals surface area contributed by atoms with E-state index in [2.05, 4.69) is 9.84 Å². The number of carbonyl (C=O) groups is 1. The van der Waals surface area contributed by atoms with Crippen molar-refractivity contribution < 1.29 is 9.53 Å². The van der Waals surface area contributed by atoms with Gasteiger partial charge in [0.15, 0.2) is 0 Å². The average Bonchev–Trinajstić information content (AvgIpc) is 2.28. The van der Waals surface area contributed by atoms with Crippen LogP contribution in [0.4, 0.5) is 0 Å². The molecule has 0 aromatic heterocycles. The van der Waals surface area contributed by atoms with Gasteiger partial charge < -0.3 is 4.74 Å². The van der Waals surface area contributed by atoms with Crippen LogP contribution in [0.15, 0.2) is 5.10 Å². The summed E-state index contributed by atoms with van der Waals surface area (Å²) >= 11 is 0. The number of esters is 1. The molecular weight excluding hydrogens is 144 g/mol. The standard InChI is InChI=1S/C7H12N2O2/c1-5-4-6(7(10)11-3)9(2)8-5/h6H,4H2,1-3H3. The van der Waals surface area contributed by atoms with Crippen molar-refractivity contribution >= 4 is 11.7 Å². The van der Waals surface area contributed by atoms with Crippen LogP contribution < -0.4 is 0 Å². The predicted molar refractivity (Wildman–Crippen MR) is 41.3 cm³/mol. The van der Waals surface area contributed by atoms with Gasteiger partial charge in [0.05, 0.1) is 7.11 Å². The molecular formula is C7H12N2O2. The van der Waals surface area contributed by atoms with Gasteiger partial charge in [0.2, 0.25) is 0 Å². The molecule has 4 nitrogen and oxygen atoms in total. The molecule has 0 radical (unpaired) electrons. The van der Waals surface area contributed by atoms with Crippen molar-refractivity contribution in [3.8, 4) is 0 Å². The van der Waals surface area contributed by atoms with E-state index in [0.29, 0.717) is 6.42 Å². The highest BCUT2D eigenvalue weighted by Gasteiger charge is 2.28. The Morgan fingerprint density at radius 2 is 2.45 bits per heavy atom. The number of methoxy groups -OCH3 is 1. The maximum Gasteiger partial charge on any atom is 0.330 e. The van der Waals surface area contributed by atoms with Crippen LogP contribution in [0.2, 0.25) is 0 Å². The molecule has 0 amide bonds. The summed E-state index contributed by atoms with van der Waals surface area (Å²) in [5, 5.41) is 5.73. The topological polar surface area (TPSA) is 41.9 Å². The second-order valence-electron chi connectivity index (χ2n) is 2.65. The molecule has 1 atom stereocenters. The van der Waals surface area contributed by atoms with E-state index in [-0.39, 0.29) is 12.0 Å². The quantitative estimate of drug-likeness (QED) is 0.511. The molecule has 1 unspecified atom stereocenters. The lowest BCUT2D eigenvalue weighted by Gasteiger charge is -2.15. The van der Waals surface area contributed by atoms with Crippen LogP contribution in [0.3, 0.4) is 0 Å². The first kappa shape index (κ1) is 8.04. The summed E-state index contributed by atoms with van der Waals surface area (Å²) in [6, 6.07) is -0.208. The van der Waals surface area contributed by atoms with Gasteiger partial charge in [-0.05, 0) is 6.92 Å². The Kier molecular flexibility index (Phi) is 2.12. The Morgan fingerprint density at radius 3 is 2.82 bits per heavy atom. The number of likely N-dealkylation sites (N-methyl/N-ethyl adjacent to an activating group) is 1. The number of ether oxygens (including phenoxy) is 1. The van der Waals surface area contributed by atoms with Crippen molar-refractivity contribution in [2.45, 2.75) is 19.4 Å². The first-order valence-electron chi connectivity index (χ1n) is 3.50. The van der Waals surface area contributed by atoms with E-state index < -0.39 is 0 Å². The van der Waals surface area contributed by atoms with Crippen LogP contribution in [0, 0.1) is 0 Å².